The van der Waals surface area contributed by atoms with Crippen molar-refractivity contribution in [2.24, 2.45) is 5.73 Å². The molecule has 14 heavy (non-hydrogen) atoms. The van der Waals surface area contributed by atoms with Gasteiger partial charge >= 0.3 is 7.60 Å². The van der Waals surface area contributed by atoms with Gasteiger partial charge in [-0.25, -0.2) is 0 Å². The summed E-state index contributed by atoms with van der Waals surface area (Å²) in [6, 6.07) is -0.671. The first-order chi connectivity index (χ1) is 6.37. The van der Waals surface area contributed by atoms with Gasteiger partial charge in [0.1, 0.15) is 0 Å². The largest absolute Gasteiger partial charge is 0.368 e. The van der Waals surface area contributed by atoms with Gasteiger partial charge in [0.15, 0.2) is 0 Å². The molecule has 0 saturated carbocycles. The summed E-state index contributed by atoms with van der Waals surface area (Å²) >= 11 is 1.54. The van der Waals surface area contributed by atoms with E-state index in [9.17, 15) is 9.36 Å². The van der Waals surface area contributed by atoms with Crippen LogP contribution in [0.25, 0.3) is 0 Å². The van der Waals surface area contributed by atoms with E-state index in [1.54, 1.807) is 0 Å². The average molecular weight is 242 g/mol. The second-order valence-electron chi connectivity index (χ2n) is 2.76. The van der Waals surface area contributed by atoms with Crippen LogP contribution in [0.5, 0.6) is 0 Å². The summed E-state index contributed by atoms with van der Waals surface area (Å²) < 4.78 is 10.5. The van der Waals surface area contributed by atoms with Crippen LogP contribution in [-0.2, 0) is 9.36 Å². The summed E-state index contributed by atoms with van der Waals surface area (Å²) in [5.74, 6) is 0.120. The van der Waals surface area contributed by atoms with Crippen molar-refractivity contribution in [1.29, 1.82) is 0 Å². The normalized spacial score (nSPS) is 13.9. The lowest BCUT2D eigenvalue weighted by Gasteiger charge is -2.14. The van der Waals surface area contributed by atoms with Gasteiger partial charge in [0, 0.05) is 0 Å². The Labute approximate surface area is 86.8 Å². The Morgan fingerprint density at radius 3 is 2.57 bits per heavy atom. The minimum atomic E-state index is -4.12. The second kappa shape index (κ2) is 6.42. The molecule has 0 fully saturated rings. The number of hydrogen-bond donors (Lipinski definition) is 4. The summed E-state index contributed by atoms with van der Waals surface area (Å²) in [5, 5.41) is 2.44. The fourth-order valence-electron chi connectivity index (χ4n) is 0.810. The van der Waals surface area contributed by atoms with Crippen LogP contribution in [0.1, 0.15) is 6.42 Å². The standard InChI is InChI=1S/C6H15N2O4PS/c1-14-3-2-5(6(7)9)8-4-13(10,11)12/h5,8H,2-4H2,1H3,(H2,7,9)(H2,10,11,12). The maximum atomic E-state index is 10.8. The first kappa shape index (κ1) is 13.9. The molecule has 0 spiro atoms. The molecule has 0 aromatic carbocycles. The maximum absolute atomic E-state index is 10.8. The van der Waals surface area contributed by atoms with Gasteiger partial charge in [0.2, 0.25) is 5.91 Å². The molecule has 6 nitrogen and oxygen atoms in total. The zero-order valence-electron chi connectivity index (χ0n) is 7.84. The number of rotatable bonds is 7. The third-order valence-electron chi connectivity index (χ3n) is 1.50. The van der Waals surface area contributed by atoms with Crippen molar-refractivity contribution in [3.05, 3.63) is 0 Å². The number of carbonyl (C=O) groups excluding carboxylic acids is 1. The lowest BCUT2D eigenvalue weighted by Crippen LogP contribution is -2.42. The van der Waals surface area contributed by atoms with Gasteiger partial charge in [0.05, 0.1) is 12.3 Å². The molecule has 0 rings (SSSR count). The smallest absolute Gasteiger partial charge is 0.339 e. The Morgan fingerprint density at radius 2 is 2.21 bits per heavy atom. The molecular formula is C6H15N2O4PS. The second-order valence-corrected chi connectivity index (χ2v) is 5.39. The van der Waals surface area contributed by atoms with Crippen LogP contribution in [0, 0.1) is 0 Å². The molecule has 8 heteroatoms. The van der Waals surface area contributed by atoms with Crippen LogP contribution in [-0.4, -0.2) is 40.0 Å². The number of thioether (sulfide) groups is 1. The van der Waals surface area contributed by atoms with Crippen LogP contribution in [0.4, 0.5) is 0 Å². The van der Waals surface area contributed by atoms with Gasteiger partial charge in [-0.05, 0) is 18.4 Å². The lowest BCUT2D eigenvalue weighted by atomic mass is 10.2. The Kier molecular flexibility index (Phi) is 6.39. The van der Waals surface area contributed by atoms with Gasteiger partial charge in [0.25, 0.3) is 0 Å². The van der Waals surface area contributed by atoms with Crippen molar-refractivity contribution in [1.82, 2.24) is 5.32 Å². The van der Waals surface area contributed by atoms with Crippen LogP contribution < -0.4 is 11.1 Å². The van der Waals surface area contributed by atoms with E-state index in [2.05, 4.69) is 5.32 Å². The van der Waals surface area contributed by atoms with E-state index in [4.69, 9.17) is 15.5 Å². The quantitative estimate of drug-likeness (QED) is 0.440. The van der Waals surface area contributed by atoms with E-state index in [-0.39, 0.29) is 0 Å². The number of carbonyl (C=O) groups is 1. The molecule has 0 saturated heterocycles. The molecule has 84 valence electrons. The molecule has 0 bridgehead atoms. The molecule has 0 aliphatic rings. The van der Waals surface area contributed by atoms with Crippen molar-refractivity contribution in [2.75, 3.05) is 18.3 Å². The molecule has 0 aliphatic heterocycles. The van der Waals surface area contributed by atoms with Crippen LogP contribution in [0.3, 0.4) is 0 Å². The predicted octanol–water partition coefficient (Wildman–Crippen LogP) is -0.682. The van der Waals surface area contributed by atoms with Crippen molar-refractivity contribution >= 4 is 25.3 Å². The Hall–Kier alpha value is -0.0700. The molecule has 0 aromatic rings. The molecule has 0 aliphatic carbocycles. The Balaban J connectivity index is 3.98. The first-order valence-corrected chi connectivity index (χ1v) is 7.12. The fourth-order valence-corrected chi connectivity index (χ4v) is 1.74. The van der Waals surface area contributed by atoms with Gasteiger partial charge in [-0.1, -0.05) is 0 Å². The Morgan fingerprint density at radius 1 is 1.64 bits per heavy atom. The molecule has 0 heterocycles. The van der Waals surface area contributed by atoms with Crippen molar-refractivity contribution in [3.8, 4) is 0 Å². The highest BCUT2D eigenvalue weighted by molar-refractivity contribution is 7.98. The fraction of sp³-hybridized carbons (Fsp3) is 0.833. The molecule has 1 atom stereocenters. The number of hydrogen-bond acceptors (Lipinski definition) is 4. The van der Waals surface area contributed by atoms with Crippen LogP contribution in [0.15, 0.2) is 0 Å². The van der Waals surface area contributed by atoms with Crippen molar-refractivity contribution in [2.45, 2.75) is 12.5 Å². The van der Waals surface area contributed by atoms with Crippen molar-refractivity contribution < 1.29 is 19.1 Å². The van der Waals surface area contributed by atoms with E-state index in [1.807, 2.05) is 6.26 Å². The Bertz CT molecular complexity index is 232. The SMILES string of the molecule is CSCCC(NCP(=O)(O)O)C(N)=O. The summed E-state index contributed by atoms with van der Waals surface area (Å²) in [6.45, 7) is 0. The predicted molar refractivity (Wildman–Crippen MR) is 56.0 cm³/mol. The summed E-state index contributed by atoms with van der Waals surface area (Å²) in [6.07, 6.45) is 1.83. The highest BCUT2D eigenvalue weighted by Crippen LogP contribution is 2.32. The first-order valence-electron chi connectivity index (χ1n) is 3.93. The average Bonchev–Trinajstić information content (AvgIpc) is 2.01. The molecule has 0 aromatic heterocycles. The highest BCUT2D eigenvalue weighted by Gasteiger charge is 2.19. The number of nitrogens with one attached hydrogen (secondary N) is 1. The number of nitrogens with two attached hydrogens (primary N) is 1. The maximum Gasteiger partial charge on any atom is 0.339 e. The molecule has 1 unspecified atom stereocenters. The van der Waals surface area contributed by atoms with Gasteiger partial charge < -0.3 is 15.5 Å². The monoisotopic (exact) mass is 242 g/mol. The molecule has 5 N–H and O–H groups in total. The van der Waals surface area contributed by atoms with E-state index >= 15 is 0 Å². The highest BCUT2D eigenvalue weighted by atomic mass is 32.2. The molecule has 0 radical (unpaired) electrons. The van der Waals surface area contributed by atoms with E-state index < -0.39 is 25.8 Å². The van der Waals surface area contributed by atoms with Gasteiger partial charge in [-0.15, -0.1) is 0 Å². The van der Waals surface area contributed by atoms with E-state index in [0.717, 1.165) is 0 Å². The van der Waals surface area contributed by atoms with E-state index in [0.29, 0.717) is 12.2 Å². The summed E-state index contributed by atoms with van der Waals surface area (Å²) in [5.41, 5.74) is 5.04. The topological polar surface area (TPSA) is 113 Å². The third-order valence-corrected chi connectivity index (χ3v) is 2.74. The van der Waals surface area contributed by atoms with Gasteiger partial charge in [-0.3, -0.25) is 14.7 Å². The summed E-state index contributed by atoms with van der Waals surface area (Å²) in [4.78, 5) is 27.9. The minimum Gasteiger partial charge on any atom is -0.368 e. The zero-order chi connectivity index (χ0) is 11.2. The zero-order valence-corrected chi connectivity index (χ0v) is 9.55. The number of amides is 1. The minimum absolute atomic E-state index is 0.469. The molecule has 1 amide bonds. The van der Waals surface area contributed by atoms with Gasteiger partial charge in [-0.2, -0.15) is 11.8 Å². The lowest BCUT2D eigenvalue weighted by molar-refractivity contribution is -0.119. The third kappa shape index (κ3) is 7.34. The van der Waals surface area contributed by atoms with E-state index in [1.165, 1.54) is 11.8 Å². The number of primary amides is 1. The summed E-state index contributed by atoms with van der Waals surface area (Å²) in [7, 11) is -4.12. The van der Waals surface area contributed by atoms with Crippen molar-refractivity contribution in [3.63, 3.8) is 0 Å². The van der Waals surface area contributed by atoms with Crippen LogP contribution >= 0.6 is 19.4 Å². The van der Waals surface area contributed by atoms with Crippen LogP contribution in [0.2, 0.25) is 0 Å². The molecular weight excluding hydrogens is 227 g/mol.